The van der Waals surface area contributed by atoms with Gasteiger partial charge in [-0.15, -0.1) is 0 Å². The van der Waals surface area contributed by atoms with Gasteiger partial charge in [-0.3, -0.25) is 4.79 Å². The maximum absolute atomic E-state index is 11.4. The standard InChI is InChI=1S/C14H18O2/c1-2-5-14(15)16-13-9-8-11-6-3-4-7-12(11)10-13/h8-10H,2-7H2,1H3. The molecule has 2 heteroatoms. The molecule has 0 heterocycles. The highest BCUT2D eigenvalue weighted by Gasteiger charge is 2.11. The number of benzene rings is 1. The summed E-state index contributed by atoms with van der Waals surface area (Å²) in [5.74, 6) is 0.581. The second-order valence-corrected chi connectivity index (χ2v) is 4.36. The van der Waals surface area contributed by atoms with E-state index in [1.807, 2.05) is 19.1 Å². The molecule has 0 spiro atoms. The number of ether oxygens (including phenoxy) is 1. The summed E-state index contributed by atoms with van der Waals surface area (Å²) in [5, 5.41) is 0. The van der Waals surface area contributed by atoms with Crippen LogP contribution in [-0.4, -0.2) is 5.97 Å². The topological polar surface area (TPSA) is 26.3 Å². The third kappa shape index (κ3) is 2.63. The first-order valence-electron chi connectivity index (χ1n) is 6.12. The van der Waals surface area contributed by atoms with E-state index in [2.05, 4.69) is 6.07 Å². The molecule has 0 saturated heterocycles. The number of aryl methyl sites for hydroxylation is 2. The lowest BCUT2D eigenvalue weighted by Crippen LogP contribution is -2.08. The van der Waals surface area contributed by atoms with E-state index in [9.17, 15) is 4.79 Å². The fraction of sp³-hybridized carbons (Fsp3) is 0.500. The van der Waals surface area contributed by atoms with Crippen molar-refractivity contribution in [1.29, 1.82) is 0 Å². The van der Waals surface area contributed by atoms with Gasteiger partial charge in [0, 0.05) is 6.42 Å². The first-order chi connectivity index (χ1) is 7.79. The van der Waals surface area contributed by atoms with Crippen molar-refractivity contribution in [3.05, 3.63) is 29.3 Å². The Morgan fingerprint density at radius 2 is 2.00 bits per heavy atom. The maximum atomic E-state index is 11.4. The van der Waals surface area contributed by atoms with E-state index in [4.69, 9.17) is 4.74 Å². The molecule has 0 atom stereocenters. The van der Waals surface area contributed by atoms with Crippen LogP contribution in [0.15, 0.2) is 18.2 Å². The van der Waals surface area contributed by atoms with Crippen molar-refractivity contribution in [2.75, 3.05) is 0 Å². The third-order valence-electron chi connectivity index (χ3n) is 3.01. The molecule has 0 aromatic heterocycles. The van der Waals surface area contributed by atoms with Crippen LogP contribution >= 0.6 is 0 Å². The van der Waals surface area contributed by atoms with E-state index in [0.717, 1.165) is 12.8 Å². The minimum Gasteiger partial charge on any atom is -0.427 e. The van der Waals surface area contributed by atoms with Crippen LogP contribution in [0.2, 0.25) is 0 Å². The number of hydrogen-bond acceptors (Lipinski definition) is 2. The van der Waals surface area contributed by atoms with Crippen molar-refractivity contribution in [2.45, 2.75) is 45.4 Å². The summed E-state index contributed by atoms with van der Waals surface area (Å²) in [6.45, 7) is 1.98. The maximum Gasteiger partial charge on any atom is 0.311 e. The number of esters is 1. The van der Waals surface area contributed by atoms with Gasteiger partial charge in [-0.2, -0.15) is 0 Å². The second-order valence-electron chi connectivity index (χ2n) is 4.36. The Morgan fingerprint density at radius 3 is 2.75 bits per heavy atom. The number of carbonyl (C=O) groups excluding carboxylic acids is 1. The Bertz CT molecular complexity index is 382. The lowest BCUT2D eigenvalue weighted by atomic mass is 9.92. The zero-order valence-corrected chi connectivity index (χ0v) is 9.79. The number of hydrogen-bond donors (Lipinski definition) is 0. The molecule has 0 aliphatic heterocycles. The van der Waals surface area contributed by atoms with Gasteiger partial charge in [-0.1, -0.05) is 13.0 Å². The summed E-state index contributed by atoms with van der Waals surface area (Å²) < 4.78 is 5.28. The Hall–Kier alpha value is -1.31. The van der Waals surface area contributed by atoms with Crippen LogP contribution in [0.1, 0.15) is 43.7 Å². The molecule has 0 radical (unpaired) electrons. The number of carbonyl (C=O) groups is 1. The molecule has 0 amide bonds. The van der Waals surface area contributed by atoms with Gasteiger partial charge in [0.05, 0.1) is 0 Å². The van der Waals surface area contributed by atoms with Crippen molar-refractivity contribution < 1.29 is 9.53 Å². The lowest BCUT2D eigenvalue weighted by Gasteiger charge is -2.16. The predicted molar refractivity (Wildman–Crippen MR) is 63.6 cm³/mol. The highest BCUT2D eigenvalue weighted by Crippen LogP contribution is 2.25. The van der Waals surface area contributed by atoms with E-state index in [1.54, 1.807) is 0 Å². The lowest BCUT2D eigenvalue weighted by molar-refractivity contribution is -0.134. The fourth-order valence-electron chi connectivity index (χ4n) is 2.16. The van der Waals surface area contributed by atoms with Crippen molar-refractivity contribution >= 4 is 5.97 Å². The SMILES string of the molecule is CCCC(=O)Oc1ccc2c(c1)CCCC2. The van der Waals surface area contributed by atoms with Crippen molar-refractivity contribution in [2.24, 2.45) is 0 Å². The zero-order valence-electron chi connectivity index (χ0n) is 9.79. The van der Waals surface area contributed by atoms with Gasteiger partial charge in [0.1, 0.15) is 5.75 Å². The van der Waals surface area contributed by atoms with Gasteiger partial charge >= 0.3 is 5.97 Å². The molecule has 0 saturated carbocycles. The summed E-state index contributed by atoms with van der Waals surface area (Å²) in [5.41, 5.74) is 2.77. The van der Waals surface area contributed by atoms with Crippen LogP contribution in [0.5, 0.6) is 5.75 Å². The van der Waals surface area contributed by atoms with E-state index in [-0.39, 0.29) is 5.97 Å². The van der Waals surface area contributed by atoms with Gasteiger partial charge in [-0.25, -0.2) is 0 Å². The molecule has 0 bridgehead atoms. The Kier molecular flexibility index (Phi) is 3.60. The minimum absolute atomic E-state index is 0.127. The number of rotatable bonds is 3. The smallest absolute Gasteiger partial charge is 0.311 e. The van der Waals surface area contributed by atoms with Crippen LogP contribution in [-0.2, 0) is 17.6 Å². The van der Waals surface area contributed by atoms with Crippen LogP contribution in [0, 0.1) is 0 Å². The molecule has 2 nitrogen and oxygen atoms in total. The Morgan fingerprint density at radius 1 is 1.25 bits per heavy atom. The van der Waals surface area contributed by atoms with E-state index < -0.39 is 0 Å². The molecule has 2 rings (SSSR count). The van der Waals surface area contributed by atoms with Crippen molar-refractivity contribution in [3.8, 4) is 5.75 Å². The predicted octanol–water partition coefficient (Wildman–Crippen LogP) is 3.27. The highest BCUT2D eigenvalue weighted by atomic mass is 16.5. The largest absolute Gasteiger partial charge is 0.427 e. The van der Waals surface area contributed by atoms with Crippen LogP contribution in [0.25, 0.3) is 0 Å². The average molecular weight is 218 g/mol. The van der Waals surface area contributed by atoms with E-state index in [0.29, 0.717) is 12.2 Å². The minimum atomic E-state index is -0.127. The van der Waals surface area contributed by atoms with Gasteiger partial charge in [-0.05, 0) is 55.4 Å². The quantitative estimate of drug-likeness (QED) is 0.575. The summed E-state index contributed by atoms with van der Waals surface area (Å²) in [7, 11) is 0. The molecular weight excluding hydrogens is 200 g/mol. The first-order valence-corrected chi connectivity index (χ1v) is 6.12. The Labute approximate surface area is 96.6 Å². The molecule has 1 aromatic rings. The molecule has 1 aliphatic rings. The van der Waals surface area contributed by atoms with E-state index >= 15 is 0 Å². The van der Waals surface area contributed by atoms with Crippen LogP contribution < -0.4 is 4.74 Å². The molecular formula is C14H18O2. The normalized spacial score (nSPS) is 14.3. The fourth-order valence-corrected chi connectivity index (χ4v) is 2.16. The van der Waals surface area contributed by atoms with Crippen LogP contribution in [0.3, 0.4) is 0 Å². The number of fused-ring (bicyclic) bond motifs is 1. The van der Waals surface area contributed by atoms with E-state index in [1.165, 1.54) is 30.4 Å². The molecule has 0 N–H and O–H groups in total. The van der Waals surface area contributed by atoms with Gasteiger partial charge in [0.15, 0.2) is 0 Å². The molecule has 0 unspecified atom stereocenters. The molecule has 86 valence electrons. The third-order valence-corrected chi connectivity index (χ3v) is 3.01. The monoisotopic (exact) mass is 218 g/mol. The van der Waals surface area contributed by atoms with Crippen molar-refractivity contribution in [3.63, 3.8) is 0 Å². The summed E-state index contributed by atoms with van der Waals surface area (Å²) in [4.78, 5) is 11.4. The van der Waals surface area contributed by atoms with Gasteiger partial charge in [0.25, 0.3) is 0 Å². The average Bonchev–Trinajstić information content (AvgIpc) is 2.29. The van der Waals surface area contributed by atoms with Crippen molar-refractivity contribution in [1.82, 2.24) is 0 Å². The van der Waals surface area contributed by atoms with Gasteiger partial charge in [0.2, 0.25) is 0 Å². The summed E-state index contributed by atoms with van der Waals surface area (Å²) >= 11 is 0. The molecule has 1 aromatic carbocycles. The first kappa shape index (κ1) is 11.2. The zero-order chi connectivity index (χ0) is 11.4. The Balaban J connectivity index is 2.08. The van der Waals surface area contributed by atoms with Gasteiger partial charge < -0.3 is 4.74 Å². The highest BCUT2D eigenvalue weighted by molar-refractivity contribution is 5.72. The molecule has 0 fully saturated rings. The molecule has 1 aliphatic carbocycles. The summed E-state index contributed by atoms with van der Waals surface area (Å²) in [6.07, 6.45) is 6.15. The van der Waals surface area contributed by atoms with Crippen LogP contribution in [0.4, 0.5) is 0 Å². The summed E-state index contributed by atoms with van der Waals surface area (Å²) in [6, 6.07) is 6.04. The second kappa shape index (κ2) is 5.15. The molecule has 16 heavy (non-hydrogen) atoms.